The third-order valence-corrected chi connectivity index (χ3v) is 5.45. The second-order valence-electron chi connectivity index (χ2n) is 5.45. The molecule has 0 unspecified atom stereocenters. The number of benzene rings is 3. The molecule has 0 fully saturated rings. The van der Waals surface area contributed by atoms with Gasteiger partial charge in [0.05, 0.1) is 21.0 Å². The molecule has 0 radical (unpaired) electrons. The van der Waals surface area contributed by atoms with Crippen LogP contribution in [0.5, 0.6) is 0 Å². The summed E-state index contributed by atoms with van der Waals surface area (Å²) in [4.78, 5) is 4.10. The minimum Gasteiger partial charge on any atom is -0.748 e. The van der Waals surface area contributed by atoms with Crippen LogP contribution in [0.15, 0.2) is 99.6 Å². The van der Waals surface area contributed by atoms with Crippen molar-refractivity contribution in [1.29, 1.82) is 0 Å². The van der Waals surface area contributed by atoms with E-state index in [-0.39, 0.29) is 10.9 Å². The van der Waals surface area contributed by atoms with Gasteiger partial charge in [0, 0.05) is 6.26 Å². The van der Waals surface area contributed by atoms with Crippen LogP contribution < -0.4 is 0 Å². The molecule has 5 heteroatoms. The molecule has 3 aromatic rings. The van der Waals surface area contributed by atoms with Gasteiger partial charge in [-0.05, 0) is 43.3 Å². The molecule has 0 saturated heterocycles. The van der Waals surface area contributed by atoms with Crippen molar-refractivity contribution in [3.63, 3.8) is 0 Å². The molecule has 3 nitrogen and oxygen atoms in total. The van der Waals surface area contributed by atoms with Crippen molar-refractivity contribution in [2.75, 3.05) is 6.26 Å². The van der Waals surface area contributed by atoms with E-state index in [9.17, 15) is 0 Å². The first-order chi connectivity index (χ1) is 11.8. The van der Waals surface area contributed by atoms with Gasteiger partial charge in [-0.3, -0.25) is 0 Å². The lowest BCUT2D eigenvalue weighted by Gasteiger charge is -2.07. The summed E-state index contributed by atoms with van der Waals surface area (Å²) in [5.41, 5.74) is 1.30. The zero-order valence-electron chi connectivity index (χ0n) is 14.1. The van der Waals surface area contributed by atoms with Crippen LogP contribution in [0.25, 0.3) is 0 Å². The highest BCUT2D eigenvalue weighted by Crippen LogP contribution is 2.30. The minimum atomic E-state index is -3.92. The number of aryl methyl sites for hydroxylation is 1. The van der Waals surface area contributed by atoms with Crippen LogP contribution >= 0.6 is 0 Å². The van der Waals surface area contributed by atoms with Crippen molar-refractivity contribution in [1.82, 2.24) is 0 Å². The van der Waals surface area contributed by atoms with Gasteiger partial charge in [-0.15, -0.1) is 0 Å². The fourth-order valence-corrected chi connectivity index (χ4v) is 4.28. The van der Waals surface area contributed by atoms with Gasteiger partial charge in [0.1, 0.15) is 0 Å². The predicted octanol–water partition coefficient (Wildman–Crippen LogP) is 4.25. The average Bonchev–Trinajstić information content (AvgIpc) is 2.57. The Kier molecular flexibility index (Phi) is 6.82. The summed E-state index contributed by atoms with van der Waals surface area (Å²) >= 11 is 0. The maximum Gasteiger partial charge on any atom is 0.166 e. The first kappa shape index (κ1) is 19.2. The van der Waals surface area contributed by atoms with Crippen molar-refractivity contribution in [2.45, 2.75) is 21.6 Å². The fourth-order valence-electron chi connectivity index (χ4n) is 2.20. The second kappa shape index (κ2) is 8.85. The Morgan fingerprint density at radius 3 is 1.36 bits per heavy atom. The van der Waals surface area contributed by atoms with Gasteiger partial charge >= 0.3 is 0 Å². The summed E-state index contributed by atoms with van der Waals surface area (Å²) < 4.78 is 27.2. The van der Waals surface area contributed by atoms with Gasteiger partial charge in [0.2, 0.25) is 0 Å². The minimum absolute atomic E-state index is 0.0229. The highest BCUT2D eigenvalue weighted by atomic mass is 32.2. The molecule has 0 aliphatic heterocycles. The van der Waals surface area contributed by atoms with Gasteiger partial charge < -0.3 is 4.55 Å². The van der Waals surface area contributed by atoms with E-state index in [0.717, 1.165) is 0 Å². The first-order valence-corrected chi connectivity index (χ1v) is 10.7. The van der Waals surface area contributed by atoms with Crippen LogP contribution in [0.1, 0.15) is 5.56 Å². The molecule has 130 valence electrons. The van der Waals surface area contributed by atoms with Gasteiger partial charge in [-0.25, -0.2) is 8.42 Å². The van der Waals surface area contributed by atoms with E-state index in [2.05, 4.69) is 91.9 Å². The van der Waals surface area contributed by atoms with Gasteiger partial charge in [-0.1, -0.05) is 54.1 Å². The molecule has 0 aliphatic carbocycles. The molecule has 0 atom stereocenters. The molecule has 0 spiro atoms. The van der Waals surface area contributed by atoms with Crippen molar-refractivity contribution >= 4 is 21.0 Å². The molecular formula is C20H20O3S2. The highest BCUT2D eigenvalue weighted by Gasteiger charge is 2.27. The SMILES string of the molecule is CS(=O)(=O)[O-].Cc1ccc([S+](c2ccccc2)c2ccccc2)cc1. The Hall–Kier alpha value is -2.08. The number of hydrogen-bond donors (Lipinski definition) is 0. The molecule has 0 heterocycles. The third kappa shape index (κ3) is 6.74. The molecule has 0 saturated carbocycles. The van der Waals surface area contributed by atoms with Gasteiger partial charge in [0.15, 0.2) is 14.7 Å². The van der Waals surface area contributed by atoms with E-state index in [4.69, 9.17) is 13.0 Å². The van der Waals surface area contributed by atoms with Gasteiger partial charge in [0.25, 0.3) is 0 Å². The molecule has 25 heavy (non-hydrogen) atoms. The standard InChI is InChI=1S/C19H17S.CH4O3S/c1-16-12-14-19(15-13-16)20(17-8-4-2-5-9-17)18-10-6-3-7-11-18;1-5(2,3)4/h2-15H,1H3;1H3,(H,2,3,4)/q+1;/p-1. The normalized spacial score (nSPS) is 10.9. The Labute approximate surface area is 152 Å². The molecule has 0 aliphatic rings. The van der Waals surface area contributed by atoms with E-state index in [1.54, 1.807) is 0 Å². The van der Waals surface area contributed by atoms with Crippen molar-refractivity contribution in [3.8, 4) is 0 Å². The molecular weight excluding hydrogens is 352 g/mol. The second-order valence-corrected chi connectivity index (χ2v) is 8.88. The van der Waals surface area contributed by atoms with Crippen LogP contribution in [0.4, 0.5) is 0 Å². The van der Waals surface area contributed by atoms with E-state index in [1.807, 2.05) is 0 Å². The molecule has 0 N–H and O–H groups in total. The molecule has 3 rings (SSSR count). The molecule has 0 aromatic heterocycles. The third-order valence-electron chi connectivity index (χ3n) is 3.21. The maximum atomic E-state index is 9.08. The summed E-state index contributed by atoms with van der Waals surface area (Å²) in [7, 11) is -3.94. The van der Waals surface area contributed by atoms with E-state index >= 15 is 0 Å². The van der Waals surface area contributed by atoms with E-state index in [0.29, 0.717) is 6.26 Å². The van der Waals surface area contributed by atoms with Crippen LogP contribution in [0.2, 0.25) is 0 Å². The van der Waals surface area contributed by atoms with Gasteiger partial charge in [-0.2, -0.15) is 0 Å². The average molecular weight is 373 g/mol. The first-order valence-electron chi connectivity index (χ1n) is 7.66. The Bertz CT molecular complexity index is 828. The van der Waals surface area contributed by atoms with Crippen LogP contribution in [0.3, 0.4) is 0 Å². The van der Waals surface area contributed by atoms with Crippen LogP contribution in [-0.2, 0) is 21.0 Å². The Balaban J connectivity index is 0.000000399. The zero-order chi connectivity index (χ0) is 18.3. The highest BCUT2D eigenvalue weighted by molar-refractivity contribution is 7.97. The quantitative estimate of drug-likeness (QED) is 0.510. The molecule has 0 amide bonds. The fraction of sp³-hybridized carbons (Fsp3) is 0.100. The summed E-state index contributed by atoms with van der Waals surface area (Å²) in [6, 6.07) is 30.4. The predicted molar refractivity (Wildman–Crippen MR) is 102 cm³/mol. The summed E-state index contributed by atoms with van der Waals surface area (Å²) in [5, 5.41) is 0. The lowest BCUT2D eigenvalue weighted by molar-refractivity contribution is 0.470. The van der Waals surface area contributed by atoms with E-state index < -0.39 is 10.1 Å². The maximum absolute atomic E-state index is 9.08. The number of hydrogen-bond acceptors (Lipinski definition) is 3. The largest absolute Gasteiger partial charge is 0.748 e. The summed E-state index contributed by atoms with van der Waals surface area (Å²) in [6.45, 7) is 2.13. The van der Waals surface area contributed by atoms with Crippen LogP contribution in [0, 0.1) is 6.92 Å². The van der Waals surface area contributed by atoms with Crippen molar-refractivity contribution in [2.24, 2.45) is 0 Å². The molecule has 0 bridgehead atoms. The monoisotopic (exact) mass is 372 g/mol. The number of rotatable bonds is 3. The van der Waals surface area contributed by atoms with Crippen molar-refractivity contribution in [3.05, 3.63) is 90.5 Å². The Morgan fingerprint density at radius 1 is 0.680 bits per heavy atom. The van der Waals surface area contributed by atoms with E-state index in [1.165, 1.54) is 20.2 Å². The lowest BCUT2D eigenvalue weighted by Crippen LogP contribution is -2.04. The smallest absolute Gasteiger partial charge is 0.166 e. The topological polar surface area (TPSA) is 57.2 Å². The van der Waals surface area contributed by atoms with Crippen molar-refractivity contribution < 1.29 is 13.0 Å². The molecule has 3 aromatic carbocycles. The Morgan fingerprint density at radius 2 is 1.00 bits per heavy atom. The lowest BCUT2D eigenvalue weighted by atomic mass is 10.2. The van der Waals surface area contributed by atoms with Crippen LogP contribution in [-0.4, -0.2) is 19.2 Å². The zero-order valence-corrected chi connectivity index (χ0v) is 15.8. The summed E-state index contributed by atoms with van der Waals surface area (Å²) in [6.07, 6.45) is 0.604. The summed E-state index contributed by atoms with van der Waals surface area (Å²) in [5.74, 6) is 0.